The minimum atomic E-state index is -1.06. The van der Waals surface area contributed by atoms with Crippen LogP contribution in [0.2, 0.25) is 0 Å². The molecule has 0 spiro atoms. The predicted octanol–water partition coefficient (Wildman–Crippen LogP) is 0.800. The fourth-order valence-electron chi connectivity index (χ4n) is 0.766. The Kier molecular flexibility index (Phi) is 3.16. The zero-order chi connectivity index (χ0) is 9.68. The van der Waals surface area contributed by atoms with E-state index in [2.05, 4.69) is 4.74 Å². The third-order valence-electron chi connectivity index (χ3n) is 1.33. The Morgan fingerprint density at radius 3 is 2.31 bits per heavy atom. The van der Waals surface area contributed by atoms with Gasteiger partial charge >= 0.3 is 11.9 Å². The van der Waals surface area contributed by atoms with Gasteiger partial charge in [-0.1, -0.05) is 18.2 Å². The van der Waals surface area contributed by atoms with Crippen LogP contribution in [0, 0.1) is 0 Å². The Morgan fingerprint density at radius 1 is 1.15 bits per heavy atom. The van der Waals surface area contributed by atoms with Gasteiger partial charge < -0.3 is 4.74 Å². The molecule has 4 nitrogen and oxygen atoms in total. The van der Waals surface area contributed by atoms with E-state index in [1.165, 1.54) is 12.1 Å². The normalized spacial score (nSPS) is 9.31. The highest BCUT2D eigenvalue weighted by atomic mass is 16.6. The molecule has 1 aromatic carbocycles. The van der Waals surface area contributed by atoms with Crippen molar-refractivity contribution in [1.29, 1.82) is 0 Å². The second-order valence-electron chi connectivity index (χ2n) is 2.27. The minimum Gasteiger partial charge on any atom is -0.388 e. The molecule has 0 N–H and O–H groups in total. The van der Waals surface area contributed by atoms with E-state index in [4.69, 9.17) is 0 Å². The number of esters is 2. The molecule has 1 aromatic rings. The second-order valence-corrected chi connectivity index (χ2v) is 2.27. The Morgan fingerprint density at radius 2 is 1.77 bits per heavy atom. The van der Waals surface area contributed by atoms with Gasteiger partial charge in [0.1, 0.15) is 0 Å². The molecule has 0 aliphatic heterocycles. The molecule has 4 heteroatoms. The summed E-state index contributed by atoms with van der Waals surface area (Å²) in [6.07, 6.45) is 0. The number of hydrogen-bond acceptors (Lipinski definition) is 3. The van der Waals surface area contributed by atoms with Gasteiger partial charge in [-0.3, -0.25) is 0 Å². The first-order valence-corrected chi connectivity index (χ1v) is 3.62. The van der Waals surface area contributed by atoms with Crippen molar-refractivity contribution in [2.45, 2.75) is 0 Å². The molecule has 1 rings (SSSR count). The zero-order valence-corrected chi connectivity index (χ0v) is 6.73. The smallest absolute Gasteiger partial charge is 0.345 e. The number of hydrogen-bond donors (Lipinski definition) is 0. The van der Waals surface area contributed by atoms with Crippen LogP contribution in [0.15, 0.2) is 30.3 Å². The summed E-state index contributed by atoms with van der Waals surface area (Å²) < 4.78 is 4.20. The van der Waals surface area contributed by atoms with E-state index < -0.39 is 18.5 Å². The van der Waals surface area contributed by atoms with E-state index in [0.29, 0.717) is 0 Å². The lowest BCUT2D eigenvalue weighted by molar-refractivity contribution is -0.143. The number of rotatable bonds is 2. The van der Waals surface area contributed by atoms with E-state index in [1.54, 1.807) is 18.2 Å². The van der Waals surface area contributed by atoms with Crippen molar-refractivity contribution < 1.29 is 19.4 Å². The van der Waals surface area contributed by atoms with Crippen LogP contribution in [0.3, 0.4) is 0 Å². The van der Waals surface area contributed by atoms with Gasteiger partial charge in [0.05, 0.1) is 5.56 Å². The van der Waals surface area contributed by atoms with Gasteiger partial charge in [-0.25, -0.2) is 14.7 Å². The molecule has 0 atom stereocenters. The average molecular weight is 179 g/mol. The van der Waals surface area contributed by atoms with Crippen LogP contribution in [0.25, 0.3) is 0 Å². The van der Waals surface area contributed by atoms with Crippen LogP contribution in [0.1, 0.15) is 10.4 Å². The van der Waals surface area contributed by atoms with Crippen LogP contribution in [-0.4, -0.2) is 18.5 Å². The fraction of sp³-hybridized carbons (Fsp3) is 0.111. The molecule has 0 saturated heterocycles. The van der Waals surface area contributed by atoms with Crippen molar-refractivity contribution in [2.24, 2.45) is 0 Å². The fourth-order valence-corrected chi connectivity index (χ4v) is 0.766. The lowest BCUT2D eigenvalue weighted by Crippen LogP contribution is -2.14. The maximum Gasteiger partial charge on any atom is 0.345 e. The van der Waals surface area contributed by atoms with Gasteiger partial charge in [0.2, 0.25) is 0 Å². The molecule has 1 radical (unpaired) electrons. The third kappa shape index (κ3) is 2.68. The Balaban J connectivity index is 2.65. The summed E-state index contributed by atoms with van der Waals surface area (Å²) in [4.78, 5) is 21.5. The molecule has 0 bridgehead atoms. The highest BCUT2D eigenvalue weighted by Gasteiger charge is 2.11. The van der Waals surface area contributed by atoms with Gasteiger partial charge in [-0.05, 0) is 12.1 Å². The molecule has 67 valence electrons. The van der Waals surface area contributed by atoms with E-state index >= 15 is 0 Å². The van der Waals surface area contributed by atoms with E-state index in [1.807, 2.05) is 0 Å². The largest absolute Gasteiger partial charge is 0.388 e. The molecule has 0 unspecified atom stereocenters. The maximum absolute atomic E-state index is 11.0. The number of benzene rings is 1. The Hall–Kier alpha value is -1.68. The lowest BCUT2D eigenvalue weighted by atomic mass is 10.2. The van der Waals surface area contributed by atoms with Crippen LogP contribution in [-0.2, 0) is 14.6 Å². The number of carbonyl (C=O) groups is 2. The van der Waals surface area contributed by atoms with E-state index in [9.17, 15) is 14.7 Å². The highest BCUT2D eigenvalue weighted by Crippen LogP contribution is 2.00. The molecule has 0 aromatic heterocycles. The van der Waals surface area contributed by atoms with Crippen LogP contribution < -0.4 is 0 Å². The summed E-state index contributed by atoms with van der Waals surface area (Å²) >= 11 is 0. The van der Waals surface area contributed by atoms with Crippen LogP contribution >= 0.6 is 0 Å². The van der Waals surface area contributed by atoms with Crippen molar-refractivity contribution >= 4 is 11.9 Å². The minimum absolute atomic E-state index is 0.254. The molecular weight excluding hydrogens is 172 g/mol. The lowest BCUT2D eigenvalue weighted by Gasteiger charge is -1.98. The quantitative estimate of drug-likeness (QED) is 0.498. The van der Waals surface area contributed by atoms with E-state index in [-0.39, 0.29) is 5.56 Å². The second kappa shape index (κ2) is 4.37. The van der Waals surface area contributed by atoms with Crippen molar-refractivity contribution in [2.75, 3.05) is 6.61 Å². The summed E-state index contributed by atoms with van der Waals surface area (Å²) in [5.41, 5.74) is 0.254. The monoisotopic (exact) mass is 179 g/mol. The number of ether oxygens (including phenoxy) is 1. The van der Waals surface area contributed by atoms with Crippen LogP contribution in [0.5, 0.6) is 0 Å². The first-order chi connectivity index (χ1) is 6.24. The topological polar surface area (TPSA) is 63.3 Å². The van der Waals surface area contributed by atoms with Gasteiger partial charge in [-0.15, -0.1) is 0 Å². The van der Waals surface area contributed by atoms with Crippen molar-refractivity contribution in [3.05, 3.63) is 35.9 Å². The Labute approximate surface area is 74.8 Å². The zero-order valence-electron chi connectivity index (χ0n) is 6.73. The molecule has 0 heterocycles. The van der Waals surface area contributed by atoms with Crippen molar-refractivity contribution in [3.8, 4) is 0 Å². The predicted molar refractivity (Wildman–Crippen MR) is 42.4 cm³/mol. The SMILES string of the molecule is [O]CC(=O)OC(=O)c1ccccc1. The van der Waals surface area contributed by atoms with Gasteiger partial charge in [0, 0.05) is 0 Å². The number of carbonyl (C=O) groups excluding carboxylic acids is 2. The average Bonchev–Trinajstić information content (AvgIpc) is 2.19. The van der Waals surface area contributed by atoms with Gasteiger partial charge in [-0.2, -0.15) is 0 Å². The molecule has 0 fully saturated rings. The summed E-state index contributed by atoms with van der Waals surface area (Å²) in [5, 5.41) is 9.97. The maximum atomic E-state index is 11.0. The van der Waals surface area contributed by atoms with Crippen molar-refractivity contribution in [3.63, 3.8) is 0 Å². The summed E-state index contributed by atoms with van der Waals surface area (Å²) in [6, 6.07) is 8.00. The highest BCUT2D eigenvalue weighted by molar-refractivity contribution is 5.96. The van der Waals surface area contributed by atoms with Gasteiger partial charge in [0.15, 0.2) is 6.61 Å². The molecule has 0 aliphatic rings. The summed E-state index contributed by atoms with van der Waals surface area (Å²) in [6.45, 7) is -1.04. The molecular formula is C9H7O4. The first-order valence-electron chi connectivity index (χ1n) is 3.62. The molecule has 0 aliphatic carbocycles. The van der Waals surface area contributed by atoms with Crippen molar-refractivity contribution in [1.82, 2.24) is 0 Å². The standard InChI is InChI=1S/C9H7O4/c10-6-8(11)13-9(12)7-4-2-1-3-5-7/h1-5H,6H2. The first kappa shape index (κ1) is 9.41. The molecule has 13 heavy (non-hydrogen) atoms. The van der Waals surface area contributed by atoms with Crippen LogP contribution in [0.4, 0.5) is 0 Å². The van der Waals surface area contributed by atoms with E-state index in [0.717, 1.165) is 0 Å². The summed E-state index contributed by atoms with van der Waals surface area (Å²) in [5.74, 6) is -1.85. The summed E-state index contributed by atoms with van der Waals surface area (Å²) in [7, 11) is 0. The third-order valence-corrected chi connectivity index (χ3v) is 1.33. The Bertz CT molecular complexity index is 305. The van der Waals surface area contributed by atoms with Gasteiger partial charge in [0.25, 0.3) is 0 Å². The molecule has 0 amide bonds. The molecule has 0 saturated carbocycles.